The molecule has 0 aliphatic heterocycles. The van der Waals surface area contributed by atoms with Crippen LogP contribution in [0.5, 0.6) is 0 Å². The lowest BCUT2D eigenvalue weighted by molar-refractivity contribution is 0.161. The summed E-state index contributed by atoms with van der Waals surface area (Å²) in [5, 5.41) is 0. The van der Waals surface area contributed by atoms with Gasteiger partial charge in [-0.15, -0.1) is 0 Å². The number of nitrogens with two attached hydrogens (primary N) is 1. The van der Waals surface area contributed by atoms with Gasteiger partial charge in [0.05, 0.1) is 0 Å². The fraction of sp³-hybridized carbons (Fsp3) is 0.600. The molecule has 18 heavy (non-hydrogen) atoms. The number of halogens is 2. The fourth-order valence-corrected chi connectivity index (χ4v) is 3.05. The van der Waals surface area contributed by atoms with Crippen LogP contribution >= 0.6 is 0 Å². The van der Waals surface area contributed by atoms with Crippen molar-refractivity contribution in [2.24, 2.45) is 17.6 Å². The van der Waals surface area contributed by atoms with E-state index in [4.69, 9.17) is 5.73 Å². The maximum absolute atomic E-state index is 13.2. The van der Waals surface area contributed by atoms with Gasteiger partial charge in [-0.1, -0.05) is 26.3 Å². The zero-order valence-corrected chi connectivity index (χ0v) is 11.0. The summed E-state index contributed by atoms with van der Waals surface area (Å²) in [7, 11) is 0. The first-order valence-corrected chi connectivity index (χ1v) is 6.63. The molecule has 2 N–H and O–H groups in total. The van der Waals surface area contributed by atoms with Crippen molar-refractivity contribution >= 4 is 0 Å². The van der Waals surface area contributed by atoms with E-state index in [1.54, 1.807) is 6.07 Å². The minimum Gasteiger partial charge on any atom is -0.325 e. The van der Waals surface area contributed by atoms with Crippen molar-refractivity contribution < 1.29 is 8.78 Å². The van der Waals surface area contributed by atoms with Crippen LogP contribution in [0.1, 0.15) is 38.7 Å². The van der Waals surface area contributed by atoms with Crippen LogP contribution in [0.25, 0.3) is 0 Å². The average molecular weight is 253 g/mol. The highest BCUT2D eigenvalue weighted by Crippen LogP contribution is 2.37. The molecule has 1 aliphatic rings. The Morgan fingerprint density at radius 2 is 1.94 bits per heavy atom. The van der Waals surface area contributed by atoms with E-state index in [-0.39, 0.29) is 5.54 Å². The number of benzene rings is 1. The largest absolute Gasteiger partial charge is 0.325 e. The predicted octanol–water partition coefficient (Wildman–Crippen LogP) is 3.66. The van der Waals surface area contributed by atoms with Crippen molar-refractivity contribution in [3.63, 3.8) is 0 Å². The molecule has 0 saturated heterocycles. The van der Waals surface area contributed by atoms with E-state index in [0.29, 0.717) is 18.3 Å². The van der Waals surface area contributed by atoms with Crippen LogP contribution in [0, 0.1) is 23.5 Å². The van der Waals surface area contributed by atoms with Crippen molar-refractivity contribution in [2.75, 3.05) is 0 Å². The summed E-state index contributed by atoms with van der Waals surface area (Å²) in [5.74, 6) is -0.555. The minimum absolute atomic E-state index is 0.290. The van der Waals surface area contributed by atoms with Gasteiger partial charge in [0, 0.05) is 5.54 Å². The topological polar surface area (TPSA) is 26.0 Å². The third kappa shape index (κ3) is 2.72. The SMILES string of the molecule is CC1CCC(C)C(N)(Cc2ccc(F)c(F)c2)C1. The maximum atomic E-state index is 13.2. The summed E-state index contributed by atoms with van der Waals surface area (Å²) in [5.41, 5.74) is 7.00. The Morgan fingerprint density at radius 3 is 2.61 bits per heavy atom. The zero-order chi connectivity index (χ0) is 13.3. The second-order valence-electron chi connectivity index (χ2n) is 5.95. The van der Waals surface area contributed by atoms with Crippen LogP contribution in [-0.2, 0) is 6.42 Å². The van der Waals surface area contributed by atoms with E-state index < -0.39 is 11.6 Å². The van der Waals surface area contributed by atoms with E-state index in [1.165, 1.54) is 18.6 Å². The molecule has 0 bridgehead atoms. The average Bonchev–Trinajstić information content (AvgIpc) is 2.29. The second kappa shape index (κ2) is 4.96. The Morgan fingerprint density at radius 1 is 1.22 bits per heavy atom. The zero-order valence-electron chi connectivity index (χ0n) is 11.0. The lowest BCUT2D eigenvalue weighted by Crippen LogP contribution is -2.51. The lowest BCUT2D eigenvalue weighted by atomic mass is 9.68. The van der Waals surface area contributed by atoms with Gasteiger partial charge in [0.1, 0.15) is 0 Å². The molecule has 1 saturated carbocycles. The molecule has 3 heteroatoms. The smallest absolute Gasteiger partial charge is 0.159 e. The highest BCUT2D eigenvalue weighted by atomic mass is 19.2. The fourth-order valence-electron chi connectivity index (χ4n) is 3.05. The van der Waals surface area contributed by atoms with Gasteiger partial charge in [-0.25, -0.2) is 8.78 Å². The molecule has 1 aromatic rings. The van der Waals surface area contributed by atoms with Crippen molar-refractivity contribution in [3.8, 4) is 0 Å². The third-order valence-corrected chi connectivity index (χ3v) is 4.32. The van der Waals surface area contributed by atoms with Crippen molar-refractivity contribution in [1.82, 2.24) is 0 Å². The van der Waals surface area contributed by atoms with Gasteiger partial charge in [-0.05, 0) is 48.8 Å². The maximum Gasteiger partial charge on any atom is 0.159 e. The molecule has 1 aromatic carbocycles. The molecule has 1 nitrogen and oxygen atoms in total. The molecular weight excluding hydrogens is 232 g/mol. The van der Waals surface area contributed by atoms with Gasteiger partial charge in [0.2, 0.25) is 0 Å². The summed E-state index contributed by atoms with van der Waals surface area (Å²) in [6.07, 6.45) is 3.89. The van der Waals surface area contributed by atoms with Crippen LogP contribution < -0.4 is 5.73 Å². The van der Waals surface area contributed by atoms with Crippen LogP contribution in [-0.4, -0.2) is 5.54 Å². The summed E-state index contributed by atoms with van der Waals surface area (Å²) in [6, 6.07) is 4.10. The molecule has 0 spiro atoms. The quantitative estimate of drug-likeness (QED) is 0.855. The Hall–Kier alpha value is -0.960. The van der Waals surface area contributed by atoms with E-state index in [1.807, 2.05) is 0 Å². The monoisotopic (exact) mass is 253 g/mol. The van der Waals surface area contributed by atoms with Gasteiger partial charge < -0.3 is 5.73 Å². The van der Waals surface area contributed by atoms with Crippen molar-refractivity contribution in [3.05, 3.63) is 35.4 Å². The first-order chi connectivity index (χ1) is 8.40. The lowest BCUT2D eigenvalue weighted by Gasteiger charge is -2.42. The molecular formula is C15H21F2N. The molecule has 3 unspecified atom stereocenters. The Balaban J connectivity index is 2.17. The Kier molecular flexibility index (Phi) is 3.71. The molecule has 0 aromatic heterocycles. The highest BCUT2D eigenvalue weighted by molar-refractivity contribution is 5.21. The summed E-state index contributed by atoms with van der Waals surface area (Å²) < 4.78 is 26.1. The molecule has 0 heterocycles. The van der Waals surface area contributed by atoms with Gasteiger partial charge in [0.15, 0.2) is 11.6 Å². The number of hydrogen-bond acceptors (Lipinski definition) is 1. The molecule has 0 radical (unpaired) electrons. The molecule has 1 fully saturated rings. The molecule has 100 valence electrons. The first kappa shape index (κ1) is 13.5. The van der Waals surface area contributed by atoms with Crippen LogP contribution in [0.3, 0.4) is 0 Å². The number of hydrogen-bond donors (Lipinski definition) is 1. The first-order valence-electron chi connectivity index (χ1n) is 6.63. The van der Waals surface area contributed by atoms with Crippen LogP contribution in [0.15, 0.2) is 18.2 Å². The highest BCUT2D eigenvalue weighted by Gasteiger charge is 2.37. The molecule has 2 rings (SSSR count). The normalized spacial score (nSPS) is 32.5. The van der Waals surface area contributed by atoms with E-state index in [0.717, 1.165) is 18.4 Å². The molecule has 3 atom stereocenters. The Bertz CT molecular complexity index is 433. The molecule has 1 aliphatic carbocycles. The van der Waals surface area contributed by atoms with Gasteiger partial charge >= 0.3 is 0 Å². The van der Waals surface area contributed by atoms with Crippen LogP contribution in [0.4, 0.5) is 8.78 Å². The van der Waals surface area contributed by atoms with Gasteiger partial charge in [0.25, 0.3) is 0 Å². The predicted molar refractivity (Wildman–Crippen MR) is 69.2 cm³/mol. The summed E-state index contributed by atoms with van der Waals surface area (Å²) in [4.78, 5) is 0. The van der Waals surface area contributed by atoms with Crippen molar-refractivity contribution in [1.29, 1.82) is 0 Å². The number of rotatable bonds is 2. The van der Waals surface area contributed by atoms with E-state index in [2.05, 4.69) is 13.8 Å². The Labute approximate surface area is 107 Å². The van der Waals surface area contributed by atoms with Gasteiger partial charge in [-0.2, -0.15) is 0 Å². The van der Waals surface area contributed by atoms with Crippen molar-refractivity contribution in [2.45, 2.75) is 45.1 Å². The third-order valence-electron chi connectivity index (χ3n) is 4.32. The summed E-state index contributed by atoms with van der Waals surface area (Å²) in [6.45, 7) is 4.37. The van der Waals surface area contributed by atoms with E-state index in [9.17, 15) is 8.78 Å². The van der Waals surface area contributed by atoms with Crippen LogP contribution in [0.2, 0.25) is 0 Å². The summed E-state index contributed by atoms with van der Waals surface area (Å²) >= 11 is 0. The molecule has 0 amide bonds. The standard InChI is InChI=1S/C15H21F2N/c1-10-3-4-11(2)15(18,8-10)9-12-5-6-13(16)14(17)7-12/h5-7,10-11H,3-4,8-9,18H2,1-2H3. The van der Waals surface area contributed by atoms with Gasteiger partial charge in [-0.3, -0.25) is 0 Å². The van der Waals surface area contributed by atoms with E-state index >= 15 is 0 Å². The minimum atomic E-state index is -0.796. The second-order valence-corrected chi connectivity index (χ2v) is 5.95.